The predicted molar refractivity (Wildman–Crippen MR) is 78.8 cm³/mol. The van der Waals surface area contributed by atoms with Crippen molar-refractivity contribution in [2.75, 3.05) is 0 Å². The average molecular weight is 279 g/mol. The topological polar surface area (TPSA) is 75.1 Å². The van der Waals surface area contributed by atoms with Crippen molar-refractivity contribution >= 4 is 16.8 Å². The van der Waals surface area contributed by atoms with Crippen LogP contribution in [0, 0.1) is 0 Å². The van der Waals surface area contributed by atoms with Gasteiger partial charge in [-0.1, -0.05) is 24.3 Å². The lowest BCUT2D eigenvalue weighted by Crippen LogP contribution is -2.23. The van der Waals surface area contributed by atoms with Crippen molar-refractivity contribution in [1.82, 2.24) is 15.3 Å². The summed E-state index contributed by atoms with van der Waals surface area (Å²) in [4.78, 5) is 20.3. The van der Waals surface area contributed by atoms with Crippen molar-refractivity contribution in [3.8, 4) is 5.75 Å². The van der Waals surface area contributed by atoms with Gasteiger partial charge in [0.1, 0.15) is 17.0 Å². The van der Waals surface area contributed by atoms with Gasteiger partial charge in [0.25, 0.3) is 5.91 Å². The van der Waals surface area contributed by atoms with Crippen molar-refractivity contribution in [3.05, 3.63) is 66.1 Å². The number of phenolic OH excluding ortho intramolecular Hbond substituents is 1. The number of rotatable bonds is 3. The van der Waals surface area contributed by atoms with Crippen LogP contribution in [0.3, 0.4) is 0 Å². The summed E-state index contributed by atoms with van der Waals surface area (Å²) < 4.78 is 0. The Morgan fingerprint density at radius 3 is 2.86 bits per heavy atom. The van der Waals surface area contributed by atoms with E-state index in [9.17, 15) is 9.90 Å². The number of carbonyl (C=O) groups is 1. The Hall–Kier alpha value is -2.95. The highest BCUT2D eigenvalue weighted by Crippen LogP contribution is 2.22. The van der Waals surface area contributed by atoms with Gasteiger partial charge in [-0.05, 0) is 23.8 Å². The molecule has 0 atom stereocenters. The average Bonchev–Trinajstić information content (AvgIpc) is 2.54. The van der Waals surface area contributed by atoms with Crippen LogP contribution >= 0.6 is 0 Å². The first-order valence-corrected chi connectivity index (χ1v) is 6.50. The zero-order valence-corrected chi connectivity index (χ0v) is 11.2. The van der Waals surface area contributed by atoms with Crippen LogP contribution in [0.15, 0.2) is 54.9 Å². The van der Waals surface area contributed by atoms with Crippen molar-refractivity contribution < 1.29 is 9.90 Å². The van der Waals surface area contributed by atoms with Crippen LogP contribution in [0.2, 0.25) is 0 Å². The summed E-state index contributed by atoms with van der Waals surface area (Å²) in [7, 11) is 0. The van der Waals surface area contributed by atoms with Gasteiger partial charge in [-0.15, -0.1) is 0 Å². The van der Waals surface area contributed by atoms with Gasteiger partial charge in [0.15, 0.2) is 0 Å². The number of aromatic hydroxyl groups is 1. The second kappa shape index (κ2) is 5.58. The number of nitrogens with zero attached hydrogens (tertiary/aromatic N) is 2. The molecule has 2 aromatic heterocycles. The molecule has 1 aromatic carbocycles. The summed E-state index contributed by atoms with van der Waals surface area (Å²) in [5.74, 6) is -0.224. The number of benzene rings is 1. The Bertz CT molecular complexity index is 788. The predicted octanol–water partition coefficient (Wildman–Crippen LogP) is 2.27. The standard InChI is InChI=1S/C16H13N3O2/c20-14-5-1-4-12-6-7-13(19-15(12)14)16(21)18-10-11-3-2-8-17-9-11/h1-9,20H,10H2,(H,18,21). The molecule has 0 unspecified atom stereocenters. The molecular formula is C16H13N3O2. The highest BCUT2D eigenvalue weighted by Gasteiger charge is 2.09. The molecule has 21 heavy (non-hydrogen) atoms. The third kappa shape index (κ3) is 2.81. The van der Waals surface area contributed by atoms with Crippen LogP contribution in [0.4, 0.5) is 0 Å². The maximum Gasteiger partial charge on any atom is 0.270 e. The molecule has 0 radical (unpaired) electrons. The van der Waals surface area contributed by atoms with Gasteiger partial charge < -0.3 is 10.4 Å². The zero-order chi connectivity index (χ0) is 14.7. The lowest BCUT2D eigenvalue weighted by molar-refractivity contribution is 0.0946. The lowest BCUT2D eigenvalue weighted by atomic mass is 10.2. The first-order valence-electron chi connectivity index (χ1n) is 6.50. The molecule has 2 heterocycles. The second-order valence-corrected chi connectivity index (χ2v) is 4.59. The molecule has 0 spiro atoms. The van der Waals surface area contributed by atoms with Crippen LogP contribution in [-0.4, -0.2) is 21.0 Å². The molecule has 3 rings (SSSR count). The molecule has 2 N–H and O–H groups in total. The third-order valence-electron chi connectivity index (χ3n) is 3.11. The first-order chi connectivity index (χ1) is 10.2. The summed E-state index contributed by atoms with van der Waals surface area (Å²) >= 11 is 0. The minimum atomic E-state index is -0.288. The van der Waals surface area contributed by atoms with Gasteiger partial charge in [-0.25, -0.2) is 4.98 Å². The first kappa shape index (κ1) is 13.1. The van der Waals surface area contributed by atoms with E-state index in [2.05, 4.69) is 15.3 Å². The zero-order valence-electron chi connectivity index (χ0n) is 11.2. The number of amides is 1. The Kier molecular flexibility index (Phi) is 3.47. The van der Waals surface area contributed by atoms with E-state index in [-0.39, 0.29) is 17.4 Å². The molecule has 0 saturated heterocycles. The number of phenols is 1. The van der Waals surface area contributed by atoms with E-state index in [1.165, 1.54) is 0 Å². The molecule has 104 valence electrons. The van der Waals surface area contributed by atoms with Crippen LogP contribution in [0.1, 0.15) is 16.1 Å². The quantitative estimate of drug-likeness (QED) is 0.771. The number of hydrogen-bond acceptors (Lipinski definition) is 4. The van der Waals surface area contributed by atoms with E-state index in [4.69, 9.17) is 0 Å². The highest BCUT2D eigenvalue weighted by molar-refractivity contribution is 5.95. The second-order valence-electron chi connectivity index (χ2n) is 4.59. The summed E-state index contributed by atoms with van der Waals surface area (Å²) in [5, 5.41) is 13.3. The highest BCUT2D eigenvalue weighted by atomic mass is 16.3. The van der Waals surface area contributed by atoms with E-state index in [1.54, 1.807) is 36.7 Å². The number of para-hydroxylation sites is 1. The number of hydrogen-bond donors (Lipinski definition) is 2. The third-order valence-corrected chi connectivity index (χ3v) is 3.11. The number of nitrogens with one attached hydrogen (secondary N) is 1. The molecule has 0 aliphatic rings. The molecule has 0 saturated carbocycles. The molecule has 0 aliphatic heterocycles. The normalized spacial score (nSPS) is 10.5. The summed E-state index contributed by atoms with van der Waals surface area (Å²) in [6.07, 6.45) is 3.37. The minimum Gasteiger partial charge on any atom is -0.506 e. The number of pyridine rings is 2. The van der Waals surface area contributed by atoms with Gasteiger partial charge in [-0.2, -0.15) is 0 Å². The largest absolute Gasteiger partial charge is 0.506 e. The van der Waals surface area contributed by atoms with Crippen LogP contribution in [0.25, 0.3) is 10.9 Å². The Balaban J connectivity index is 1.80. The summed E-state index contributed by atoms with van der Waals surface area (Å²) in [6.45, 7) is 0.382. The molecule has 5 nitrogen and oxygen atoms in total. The van der Waals surface area contributed by atoms with Crippen LogP contribution in [-0.2, 0) is 6.54 Å². The fraction of sp³-hybridized carbons (Fsp3) is 0.0625. The van der Waals surface area contributed by atoms with E-state index in [0.717, 1.165) is 10.9 Å². The van der Waals surface area contributed by atoms with Gasteiger partial charge in [0.2, 0.25) is 0 Å². The van der Waals surface area contributed by atoms with Gasteiger partial charge in [-0.3, -0.25) is 9.78 Å². The summed E-state index contributed by atoms with van der Waals surface area (Å²) in [6, 6.07) is 12.2. The van der Waals surface area contributed by atoms with Gasteiger partial charge in [0, 0.05) is 24.3 Å². The van der Waals surface area contributed by atoms with Crippen molar-refractivity contribution in [3.63, 3.8) is 0 Å². The van der Waals surface area contributed by atoms with E-state index in [1.807, 2.05) is 18.2 Å². The van der Waals surface area contributed by atoms with Crippen molar-refractivity contribution in [2.45, 2.75) is 6.54 Å². The van der Waals surface area contributed by atoms with Crippen molar-refractivity contribution in [1.29, 1.82) is 0 Å². The Morgan fingerprint density at radius 1 is 1.14 bits per heavy atom. The number of fused-ring (bicyclic) bond motifs is 1. The fourth-order valence-corrected chi connectivity index (χ4v) is 2.03. The number of aromatic nitrogens is 2. The van der Waals surface area contributed by atoms with Crippen LogP contribution < -0.4 is 5.32 Å². The lowest BCUT2D eigenvalue weighted by Gasteiger charge is -2.06. The van der Waals surface area contributed by atoms with Crippen LogP contribution in [0.5, 0.6) is 5.75 Å². The minimum absolute atomic E-state index is 0.0643. The Morgan fingerprint density at radius 2 is 2.05 bits per heavy atom. The molecule has 1 amide bonds. The summed E-state index contributed by atoms with van der Waals surface area (Å²) in [5.41, 5.74) is 1.61. The monoisotopic (exact) mass is 279 g/mol. The van der Waals surface area contributed by atoms with E-state index < -0.39 is 0 Å². The van der Waals surface area contributed by atoms with E-state index >= 15 is 0 Å². The Labute approximate surface area is 121 Å². The fourth-order valence-electron chi connectivity index (χ4n) is 2.03. The molecule has 0 fully saturated rings. The molecular weight excluding hydrogens is 266 g/mol. The van der Waals surface area contributed by atoms with Crippen molar-refractivity contribution in [2.24, 2.45) is 0 Å². The number of carbonyl (C=O) groups excluding carboxylic acids is 1. The molecule has 5 heteroatoms. The molecule has 0 bridgehead atoms. The maximum absolute atomic E-state index is 12.1. The van der Waals surface area contributed by atoms with Gasteiger partial charge >= 0.3 is 0 Å². The molecule has 3 aromatic rings. The maximum atomic E-state index is 12.1. The van der Waals surface area contributed by atoms with Gasteiger partial charge in [0.05, 0.1) is 0 Å². The molecule has 0 aliphatic carbocycles. The van der Waals surface area contributed by atoms with E-state index in [0.29, 0.717) is 12.1 Å². The smallest absolute Gasteiger partial charge is 0.270 e. The SMILES string of the molecule is O=C(NCc1cccnc1)c1ccc2cccc(O)c2n1.